The molecule has 3 amide bonds. The number of ether oxygens (including phenoxy) is 1. The average Bonchev–Trinajstić information content (AvgIpc) is 2.37. The molecular formula is C12H23N3O3. The van der Waals surface area contributed by atoms with Crippen LogP contribution in [-0.4, -0.2) is 73.7 Å². The van der Waals surface area contributed by atoms with Gasteiger partial charge in [0.25, 0.3) is 0 Å². The van der Waals surface area contributed by atoms with Crippen molar-refractivity contribution in [3.8, 4) is 0 Å². The third-order valence-corrected chi connectivity index (χ3v) is 3.22. The molecule has 0 unspecified atom stereocenters. The second kappa shape index (κ2) is 6.47. The van der Waals surface area contributed by atoms with Gasteiger partial charge in [-0.15, -0.1) is 0 Å². The molecule has 0 aromatic carbocycles. The number of nitrogens with zero attached hydrogens (tertiary/aromatic N) is 3. The van der Waals surface area contributed by atoms with Gasteiger partial charge in [-0.3, -0.25) is 0 Å². The Morgan fingerprint density at radius 3 is 2.22 bits per heavy atom. The molecule has 1 fully saturated rings. The van der Waals surface area contributed by atoms with E-state index in [4.69, 9.17) is 4.74 Å². The first kappa shape index (κ1) is 14.6. The SMILES string of the molecule is CCOC(=O)N1CCC(N(C)C(=O)N(C)C)CC1. The maximum absolute atomic E-state index is 11.8. The van der Waals surface area contributed by atoms with Crippen molar-refractivity contribution in [2.45, 2.75) is 25.8 Å². The van der Waals surface area contributed by atoms with Crippen molar-refractivity contribution in [2.24, 2.45) is 0 Å². The Labute approximate surface area is 108 Å². The van der Waals surface area contributed by atoms with Gasteiger partial charge in [-0.1, -0.05) is 0 Å². The zero-order valence-corrected chi connectivity index (χ0v) is 11.7. The molecule has 1 heterocycles. The summed E-state index contributed by atoms with van der Waals surface area (Å²) in [6.07, 6.45) is 1.35. The van der Waals surface area contributed by atoms with Gasteiger partial charge in [0.05, 0.1) is 6.61 Å². The Morgan fingerprint density at radius 1 is 1.22 bits per heavy atom. The molecule has 0 N–H and O–H groups in total. The van der Waals surface area contributed by atoms with Gasteiger partial charge in [0.2, 0.25) is 0 Å². The lowest BCUT2D eigenvalue weighted by Gasteiger charge is -2.37. The van der Waals surface area contributed by atoms with Crippen LogP contribution in [0.1, 0.15) is 19.8 Å². The van der Waals surface area contributed by atoms with Crippen molar-refractivity contribution >= 4 is 12.1 Å². The van der Waals surface area contributed by atoms with Gasteiger partial charge in [0.1, 0.15) is 0 Å². The van der Waals surface area contributed by atoms with Crippen molar-refractivity contribution < 1.29 is 14.3 Å². The Bertz CT molecular complexity index is 299. The van der Waals surface area contributed by atoms with Gasteiger partial charge >= 0.3 is 12.1 Å². The number of rotatable bonds is 2. The molecule has 0 radical (unpaired) electrons. The third kappa shape index (κ3) is 3.51. The van der Waals surface area contributed by atoms with Gasteiger partial charge in [0.15, 0.2) is 0 Å². The number of likely N-dealkylation sites (tertiary alicyclic amines) is 1. The predicted octanol–water partition coefficient (Wildman–Crippen LogP) is 1.22. The molecule has 0 aromatic heterocycles. The first-order chi connectivity index (χ1) is 8.47. The molecule has 1 aliphatic rings. The number of piperidine rings is 1. The van der Waals surface area contributed by atoms with Gasteiger partial charge in [-0.2, -0.15) is 0 Å². The fourth-order valence-electron chi connectivity index (χ4n) is 2.12. The van der Waals surface area contributed by atoms with E-state index in [1.54, 1.807) is 35.7 Å². The third-order valence-electron chi connectivity index (χ3n) is 3.22. The van der Waals surface area contributed by atoms with Crippen LogP contribution in [0.15, 0.2) is 0 Å². The molecular weight excluding hydrogens is 234 g/mol. The minimum Gasteiger partial charge on any atom is -0.450 e. The second-order valence-electron chi connectivity index (χ2n) is 4.71. The van der Waals surface area contributed by atoms with Crippen LogP contribution in [0.2, 0.25) is 0 Å². The van der Waals surface area contributed by atoms with Crippen molar-refractivity contribution in [1.29, 1.82) is 0 Å². The molecule has 0 bridgehead atoms. The standard InChI is InChI=1S/C12H23N3O3/c1-5-18-12(17)15-8-6-10(7-9-15)14(4)11(16)13(2)3/h10H,5-9H2,1-4H3. The smallest absolute Gasteiger partial charge is 0.409 e. The predicted molar refractivity (Wildman–Crippen MR) is 68.5 cm³/mol. The number of urea groups is 1. The largest absolute Gasteiger partial charge is 0.450 e. The summed E-state index contributed by atoms with van der Waals surface area (Å²) in [7, 11) is 5.30. The van der Waals surface area contributed by atoms with Gasteiger partial charge in [-0.05, 0) is 19.8 Å². The number of hydrogen-bond acceptors (Lipinski definition) is 3. The van der Waals surface area contributed by atoms with Crippen molar-refractivity contribution in [1.82, 2.24) is 14.7 Å². The molecule has 6 heteroatoms. The van der Waals surface area contributed by atoms with Crippen LogP contribution in [0.4, 0.5) is 9.59 Å². The second-order valence-corrected chi connectivity index (χ2v) is 4.71. The summed E-state index contributed by atoms with van der Waals surface area (Å²) in [6, 6.07) is 0.204. The number of carbonyl (C=O) groups is 2. The quantitative estimate of drug-likeness (QED) is 0.747. The summed E-state index contributed by atoms with van der Waals surface area (Å²) in [5.74, 6) is 0. The lowest BCUT2D eigenvalue weighted by Crippen LogP contribution is -2.49. The van der Waals surface area contributed by atoms with Crippen LogP contribution in [0.25, 0.3) is 0 Å². The van der Waals surface area contributed by atoms with Gasteiger partial charge < -0.3 is 19.4 Å². The van der Waals surface area contributed by atoms with E-state index >= 15 is 0 Å². The van der Waals surface area contributed by atoms with E-state index in [0.29, 0.717) is 19.7 Å². The minimum atomic E-state index is -0.252. The summed E-state index contributed by atoms with van der Waals surface area (Å²) in [5.41, 5.74) is 0. The monoisotopic (exact) mass is 257 g/mol. The summed E-state index contributed by atoms with van der Waals surface area (Å²) >= 11 is 0. The van der Waals surface area contributed by atoms with Crippen LogP contribution >= 0.6 is 0 Å². The Hall–Kier alpha value is -1.46. The van der Waals surface area contributed by atoms with Crippen LogP contribution in [0, 0.1) is 0 Å². The highest BCUT2D eigenvalue weighted by molar-refractivity contribution is 5.74. The molecule has 104 valence electrons. The van der Waals surface area contributed by atoms with Gasteiger partial charge in [-0.25, -0.2) is 9.59 Å². The Kier molecular flexibility index (Phi) is 5.25. The zero-order valence-electron chi connectivity index (χ0n) is 11.7. The van der Waals surface area contributed by atoms with Crippen LogP contribution in [0.3, 0.4) is 0 Å². The summed E-state index contributed by atoms with van der Waals surface area (Å²) in [4.78, 5) is 28.4. The number of hydrogen-bond donors (Lipinski definition) is 0. The molecule has 0 spiro atoms. The highest BCUT2D eigenvalue weighted by Crippen LogP contribution is 2.16. The molecule has 1 aliphatic heterocycles. The van der Waals surface area contributed by atoms with Gasteiger partial charge in [0, 0.05) is 40.3 Å². The molecule has 1 rings (SSSR count). The normalized spacial score (nSPS) is 16.3. The Balaban J connectivity index is 2.44. The van der Waals surface area contributed by atoms with Crippen molar-refractivity contribution in [3.63, 3.8) is 0 Å². The molecule has 0 saturated carbocycles. The maximum Gasteiger partial charge on any atom is 0.409 e. The summed E-state index contributed by atoms with van der Waals surface area (Å²) in [5, 5.41) is 0. The lowest BCUT2D eigenvalue weighted by molar-refractivity contribution is 0.0827. The number of carbonyl (C=O) groups excluding carboxylic acids is 2. The van der Waals surface area contributed by atoms with E-state index in [0.717, 1.165) is 12.8 Å². The highest BCUT2D eigenvalue weighted by Gasteiger charge is 2.28. The van der Waals surface area contributed by atoms with Crippen molar-refractivity contribution in [3.05, 3.63) is 0 Å². The van der Waals surface area contributed by atoms with E-state index in [1.807, 2.05) is 7.05 Å². The van der Waals surface area contributed by atoms with E-state index in [2.05, 4.69) is 0 Å². The van der Waals surface area contributed by atoms with Crippen LogP contribution < -0.4 is 0 Å². The summed E-state index contributed by atoms with van der Waals surface area (Å²) in [6.45, 7) is 3.50. The first-order valence-corrected chi connectivity index (χ1v) is 6.33. The molecule has 6 nitrogen and oxygen atoms in total. The van der Waals surface area contributed by atoms with E-state index in [-0.39, 0.29) is 18.2 Å². The molecule has 18 heavy (non-hydrogen) atoms. The first-order valence-electron chi connectivity index (χ1n) is 6.33. The minimum absolute atomic E-state index is 0.00425. The highest BCUT2D eigenvalue weighted by atomic mass is 16.6. The molecule has 0 atom stereocenters. The van der Waals surface area contributed by atoms with Crippen LogP contribution in [-0.2, 0) is 4.74 Å². The Morgan fingerprint density at radius 2 is 1.78 bits per heavy atom. The number of amides is 3. The van der Waals surface area contributed by atoms with Crippen molar-refractivity contribution in [2.75, 3.05) is 40.8 Å². The average molecular weight is 257 g/mol. The maximum atomic E-state index is 11.8. The van der Waals surface area contributed by atoms with Crippen LogP contribution in [0.5, 0.6) is 0 Å². The molecule has 0 aromatic rings. The van der Waals surface area contributed by atoms with E-state index < -0.39 is 0 Å². The van der Waals surface area contributed by atoms with E-state index in [1.165, 1.54) is 0 Å². The molecule has 1 saturated heterocycles. The zero-order chi connectivity index (χ0) is 13.7. The topological polar surface area (TPSA) is 53.1 Å². The molecule has 0 aliphatic carbocycles. The van der Waals surface area contributed by atoms with E-state index in [9.17, 15) is 9.59 Å². The summed E-state index contributed by atoms with van der Waals surface area (Å²) < 4.78 is 4.96. The fraction of sp³-hybridized carbons (Fsp3) is 0.833. The lowest BCUT2D eigenvalue weighted by atomic mass is 10.0. The fourth-order valence-corrected chi connectivity index (χ4v) is 2.12.